The van der Waals surface area contributed by atoms with Crippen molar-refractivity contribution in [1.82, 2.24) is 19.9 Å². The van der Waals surface area contributed by atoms with E-state index in [9.17, 15) is 10.2 Å². The van der Waals surface area contributed by atoms with Crippen LogP contribution >= 0.6 is 0 Å². The molecule has 0 bridgehead atoms. The molecule has 0 saturated carbocycles. The molecule has 42 heavy (non-hydrogen) atoms. The summed E-state index contributed by atoms with van der Waals surface area (Å²) in [5.74, 6) is 4.64. The zero-order chi connectivity index (χ0) is 29.6. The van der Waals surface area contributed by atoms with Crippen LogP contribution in [0.4, 0.5) is 14.6 Å². The highest BCUT2D eigenvalue weighted by atomic mass is 19.1. The summed E-state index contributed by atoms with van der Waals surface area (Å²) >= 11 is 0. The second-order valence-electron chi connectivity index (χ2n) is 11.5. The van der Waals surface area contributed by atoms with Crippen molar-refractivity contribution < 1.29 is 23.7 Å². The van der Waals surface area contributed by atoms with Gasteiger partial charge in [0, 0.05) is 30.1 Å². The van der Waals surface area contributed by atoms with Crippen LogP contribution in [0, 0.1) is 23.5 Å². The number of anilines is 1. The van der Waals surface area contributed by atoms with Gasteiger partial charge in [-0.3, -0.25) is 0 Å². The lowest BCUT2D eigenvalue weighted by Crippen LogP contribution is -2.46. The number of phenols is 1. The lowest BCUT2D eigenvalue weighted by Gasteiger charge is -2.38. The largest absolute Gasteiger partial charge is 0.508 e. The zero-order valence-electron chi connectivity index (χ0n) is 23.9. The first kappa shape index (κ1) is 28.1. The molecule has 8 nitrogen and oxygen atoms in total. The molecule has 2 aliphatic rings. The van der Waals surface area contributed by atoms with E-state index >= 15 is 8.78 Å². The summed E-state index contributed by atoms with van der Waals surface area (Å²) in [7, 11) is 2.04. The lowest BCUT2D eigenvalue weighted by atomic mass is 9.94. The summed E-state index contributed by atoms with van der Waals surface area (Å²) in [6.07, 6.45) is 3.37. The summed E-state index contributed by atoms with van der Waals surface area (Å²) in [5, 5.41) is 22.2. The Bertz CT molecular complexity index is 1750. The zero-order valence-corrected chi connectivity index (χ0v) is 23.9. The number of likely N-dealkylation sites (tertiary alicyclic amines) is 1. The Kier molecular flexibility index (Phi) is 7.33. The number of ether oxygens (including phenoxy) is 1. The Morgan fingerprint density at radius 2 is 1.95 bits per heavy atom. The topological polar surface area (TPSA) is 94.8 Å². The van der Waals surface area contributed by atoms with Gasteiger partial charge in [0.05, 0.1) is 11.0 Å². The number of rotatable bonds is 5. The van der Waals surface area contributed by atoms with Crippen LogP contribution in [0.15, 0.2) is 30.3 Å². The van der Waals surface area contributed by atoms with Crippen molar-refractivity contribution in [3.05, 3.63) is 47.7 Å². The molecule has 2 saturated heterocycles. The fraction of sp³-hybridized carbons (Fsp3) is 0.406. The maximum atomic E-state index is 16.7. The molecule has 0 amide bonds. The van der Waals surface area contributed by atoms with E-state index in [1.807, 2.05) is 11.9 Å². The van der Waals surface area contributed by atoms with Crippen LogP contribution in [-0.4, -0.2) is 75.0 Å². The van der Waals surface area contributed by atoms with Gasteiger partial charge in [-0.15, -0.1) is 0 Å². The summed E-state index contributed by atoms with van der Waals surface area (Å²) in [4.78, 5) is 18.0. The highest BCUT2D eigenvalue weighted by Gasteiger charge is 2.33. The van der Waals surface area contributed by atoms with Gasteiger partial charge in [-0.25, -0.2) is 13.8 Å². The summed E-state index contributed by atoms with van der Waals surface area (Å²) in [6, 6.07) is 7.35. The monoisotopic (exact) mass is 573 g/mol. The normalized spacial score (nSPS) is 21.1. The number of hydrogen-bond acceptors (Lipinski definition) is 8. The summed E-state index contributed by atoms with van der Waals surface area (Å²) < 4.78 is 37.9. The van der Waals surface area contributed by atoms with Crippen molar-refractivity contribution in [2.75, 3.05) is 38.2 Å². The van der Waals surface area contributed by atoms with E-state index in [1.165, 1.54) is 24.3 Å². The number of aromatic nitrogens is 3. The molecule has 0 aliphatic carbocycles. The Labute approximate surface area is 243 Å². The standard InChI is InChI=1S/C32H33F2N5O3/c1-4-8-24-26-29(27(34)28(35-24)22-16-21(40)15-19-9-5-11-23(33)25(19)22)36-31(42-17-20-10-6-13-38(20)3)37-30(26)39-14-7-12-32(2,41)18-39/h5,9,11,15-16,20,40-41H,6-7,10,12-14,17-18H2,1-3H3/t20-,32+/m0/s1. The quantitative estimate of drug-likeness (QED) is 0.322. The molecule has 0 radical (unpaired) electrons. The van der Waals surface area contributed by atoms with Gasteiger partial charge in [0.2, 0.25) is 0 Å². The fourth-order valence-electron chi connectivity index (χ4n) is 6.13. The second-order valence-corrected chi connectivity index (χ2v) is 11.5. The number of aliphatic hydroxyl groups is 1. The Morgan fingerprint density at radius 3 is 2.69 bits per heavy atom. The molecule has 0 spiro atoms. The predicted octanol–water partition coefficient (Wildman–Crippen LogP) is 5.02. The summed E-state index contributed by atoms with van der Waals surface area (Å²) in [6.45, 7) is 5.57. The SMILES string of the molecule is CC#Cc1nc(-c2cc(O)cc3cccc(F)c23)c(F)c2nc(OC[C@@H]3CCCN3C)nc(N3CCC[C@@](C)(O)C3)c12. The first-order chi connectivity index (χ1) is 20.1. The summed E-state index contributed by atoms with van der Waals surface area (Å²) in [5.41, 5.74) is -0.945. The number of likely N-dealkylation sites (N-methyl/N-ethyl adjacent to an activating group) is 1. The number of hydrogen-bond donors (Lipinski definition) is 2. The van der Waals surface area contributed by atoms with Crippen molar-refractivity contribution in [3.63, 3.8) is 0 Å². The van der Waals surface area contributed by atoms with Crippen molar-refractivity contribution in [2.24, 2.45) is 0 Å². The maximum Gasteiger partial charge on any atom is 0.319 e. The first-order valence-electron chi connectivity index (χ1n) is 14.2. The number of benzene rings is 2. The minimum absolute atomic E-state index is 0.00132. The average molecular weight is 574 g/mol. The van der Waals surface area contributed by atoms with Crippen molar-refractivity contribution in [2.45, 2.75) is 51.2 Å². The van der Waals surface area contributed by atoms with Gasteiger partial charge >= 0.3 is 6.01 Å². The van der Waals surface area contributed by atoms with Gasteiger partial charge < -0.3 is 24.7 Å². The molecule has 2 fully saturated rings. The van der Waals surface area contributed by atoms with Crippen molar-refractivity contribution >= 4 is 27.5 Å². The average Bonchev–Trinajstić information content (AvgIpc) is 3.36. The molecule has 0 unspecified atom stereocenters. The molecule has 2 atom stereocenters. The molecule has 10 heteroatoms. The molecule has 2 aromatic carbocycles. The van der Waals surface area contributed by atoms with Gasteiger partial charge in [0.15, 0.2) is 5.82 Å². The number of piperidine rings is 1. The molecule has 6 rings (SSSR count). The number of pyridine rings is 1. The van der Waals surface area contributed by atoms with Crippen LogP contribution in [0.1, 0.15) is 45.2 Å². The minimum Gasteiger partial charge on any atom is -0.508 e. The van der Waals surface area contributed by atoms with Gasteiger partial charge in [0.1, 0.15) is 40.9 Å². The van der Waals surface area contributed by atoms with Crippen LogP contribution < -0.4 is 9.64 Å². The van der Waals surface area contributed by atoms with E-state index in [0.29, 0.717) is 42.6 Å². The van der Waals surface area contributed by atoms with Crippen LogP contribution in [0.2, 0.25) is 0 Å². The maximum absolute atomic E-state index is 16.7. The third-order valence-corrected chi connectivity index (χ3v) is 8.21. The molecule has 218 valence electrons. The number of β-amino-alcohol motifs (C(OH)–C–C–N with tert-alkyl or cyclic N) is 1. The van der Waals surface area contributed by atoms with Gasteiger partial charge in [-0.1, -0.05) is 18.1 Å². The molecule has 4 heterocycles. The van der Waals surface area contributed by atoms with E-state index in [1.54, 1.807) is 19.9 Å². The second kappa shape index (κ2) is 11.0. The highest BCUT2D eigenvalue weighted by molar-refractivity contribution is 6.01. The number of fused-ring (bicyclic) bond motifs is 2. The van der Waals surface area contributed by atoms with Gasteiger partial charge in [-0.2, -0.15) is 9.97 Å². The molecule has 2 aromatic heterocycles. The van der Waals surface area contributed by atoms with Gasteiger partial charge in [0.25, 0.3) is 0 Å². The fourth-order valence-corrected chi connectivity index (χ4v) is 6.13. The number of nitrogens with zero attached hydrogens (tertiary/aromatic N) is 5. The van der Waals surface area contributed by atoms with E-state index in [-0.39, 0.29) is 52.2 Å². The van der Waals surface area contributed by atoms with Crippen LogP contribution in [0.5, 0.6) is 11.8 Å². The minimum atomic E-state index is -0.969. The van der Waals surface area contributed by atoms with E-state index < -0.39 is 17.2 Å². The smallest absolute Gasteiger partial charge is 0.319 e. The van der Waals surface area contributed by atoms with E-state index in [2.05, 4.69) is 26.7 Å². The molecule has 4 aromatic rings. The van der Waals surface area contributed by atoms with Gasteiger partial charge in [-0.05, 0) is 82.6 Å². The highest BCUT2D eigenvalue weighted by Crippen LogP contribution is 2.40. The first-order valence-corrected chi connectivity index (χ1v) is 14.2. The lowest BCUT2D eigenvalue weighted by molar-refractivity contribution is 0.0447. The van der Waals surface area contributed by atoms with Crippen molar-refractivity contribution in [1.29, 1.82) is 0 Å². The Morgan fingerprint density at radius 1 is 1.12 bits per heavy atom. The molecule has 2 aliphatic heterocycles. The van der Waals surface area contributed by atoms with Crippen LogP contribution in [-0.2, 0) is 0 Å². The van der Waals surface area contributed by atoms with E-state index in [0.717, 1.165) is 19.4 Å². The Balaban J connectivity index is 1.60. The van der Waals surface area contributed by atoms with Crippen LogP contribution in [0.3, 0.4) is 0 Å². The molecular formula is C32H33F2N5O3. The molecule has 2 N–H and O–H groups in total. The Hall–Kier alpha value is -4.07. The van der Waals surface area contributed by atoms with Crippen LogP contribution in [0.25, 0.3) is 32.9 Å². The third-order valence-electron chi connectivity index (χ3n) is 8.21. The number of aromatic hydroxyl groups is 1. The van der Waals surface area contributed by atoms with E-state index in [4.69, 9.17) is 9.72 Å². The molecular weight excluding hydrogens is 540 g/mol. The predicted molar refractivity (Wildman–Crippen MR) is 158 cm³/mol. The van der Waals surface area contributed by atoms with Crippen molar-refractivity contribution in [3.8, 4) is 34.9 Å². The third kappa shape index (κ3) is 5.19. The number of halogens is 2. The number of phenolic OH excluding ortho intramolecular Hbond substituents is 1.